The fourth-order valence-electron chi connectivity index (χ4n) is 4.74. The van der Waals surface area contributed by atoms with Crippen LogP contribution in [0.15, 0.2) is 72.8 Å². The highest BCUT2D eigenvalue weighted by molar-refractivity contribution is 5.96. The molecule has 6 nitrogen and oxygen atoms in total. The smallest absolute Gasteiger partial charge is 0.247 e. The second-order valence-corrected chi connectivity index (χ2v) is 9.04. The zero-order valence-electron chi connectivity index (χ0n) is 19.7. The Kier molecular flexibility index (Phi) is 5.65. The number of fused-ring (bicyclic) bond motifs is 3. The van der Waals surface area contributed by atoms with Gasteiger partial charge in [0, 0.05) is 12.2 Å². The average Bonchev–Trinajstić information content (AvgIpc) is 3.22. The number of aryl methyl sites for hydroxylation is 2. The van der Waals surface area contributed by atoms with Gasteiger partial charge in [-0.05, 0) is 55.7 Å². The van der Waals surface area contributed by atoms with Crippen LogP contribution in [-0.4, -0.2) is 26.3 Å². The molecule has 172 valence electrons. The van der Waals surface area contributed by atoms with Gasteiger partial charge in [0.1, 0.15) is 11.9 Å². The molecule has 1 aromatic heterocycles. The Balaban J connectivity index is 1.51. The van der Waals surface area contributed by atoms with Gasteiger partial charge in [0.05, 0.1) is 23.5 Å². The number of rotatable bonds is 5. The molecule has 2 heterocycles. The first-order chi connectivity index (χ1) is 16.4. The molecule has 5 rings (SSSR count). The van der Waals surface area contributed by atoms with Crippen molar-refractivity contribution < 1.29 is 9.59 Å². The van der Waals surface area contributed by atoms with Crippen molar-refractivity contribution in [1.29, 1.82) is 0 Å². The summed E-state index contributed by atoms with van der Waals surface area (Å²) in [6, 6.07) is 22.8. The Morgan fingerprint density at radius 2 is 1.74 bits per heavy atom. The summed E-state index contributed by atoms with van der Waals surface area (Å²) in [4.78, 5) is 33.7. The van der Waals surface area contributed by atoms with E-state index in [-0.39, 0.29) is 24.3 Å². The highest BCUT2D eigenvalue weighted by atomic mass is 16.2. The van der Waals surface area contributed by atoms with Crippen molar-refractivity contribution in [2.75, 3.05) is 5.32 Å². The van der Waals surface area contributed by atoms with E-state index in [9.17, 15) is 9.59 Å². The van der Waals surface area contributed by atoms with Gasteiger partial charge in [0.15, 0.2) is 0 Å². The Morgan fingerprint density at radius 1 is 1.00 bits per heavy atom. The molecule has 6 heteroatoms. The van der Waals surface area contributed by atoms with Crippen LogP contribution < -0.4 is 5.32 Å². The number of para-hydroxylation sites is 2. The van der Waals surface area contributed by atoms with Gasteiger partial charge in [-0.2, -0.15) is 0 Å². The van der Waals surface area contributed by atoms with Gasteiger partial charge in [-0.1, -0.05) is 54.6 Å². The molecule has 0 saturated heterocycles. The molecule has 0 aliphatic carbocycles. The van der Waals surface area contributed by atoms with Crippen LogP contribution in [0.3, 0.4) is 0 Å². The van der Waals surface area contributed by atoms with Gasteiger partial charge >= 0.3 is 0 Å². The molecule has 0 fully saturated rings. The minimum Gasteiger partial charge on any atom is -0.327 e. The largest absolute Gasteiger partial charge is 0.327 e. The fraction of sp³-hybridized carbons (Fsp3) is 0.250. The van der Waals surface area contributed by atoms with E-state index in [4.69, 9.17) is 4.98 Å². The Morgan fingerprint density at radius 3 is 2.53 bits per heavy atom. The summed E-state index contributed by atoms with van der Waals surface area (Å²) in [5.74, 6) is 0.550. The molecular weight excluding hydrogens is 424 g/mol. The Hall–Kier alpha value is -3.93. The molecule has 0 bridgehead atoms. The lowest BCUT2D eigenvalue weighted by Gasteiger charge is -2.38. The van der Waals surface area contributed by atoms with Crippen molar-refractivity contribution in [3.63, 3.8) is 0 Å². The number of carbonyl (C=O) groups excluding carboxylic acids is 2. The molecule has 2 unspecified atom stereocenters. The number of nitrogens with one attached hydrogen (secondary N) is 1. The number of nitrogens with zero attached hydrogens (tertiary/aromatic N) is 3. The Labute approximate surface area is 199 Å². The topological polar surface area (TPSA) is 67.2 Å². The van der Waals surface area contributed by atoms with Crippen LogP contribution in [0.1, 0.15) is 47.9 Å². The number of imidazole rings is 1. The molecule has 3 aromatic carbocycles. The van der Waals surface area contributed by atoms with Gasteiger partial charge in [0.2, 0.25) is 11.8 Å². The maximum atomic E-state index is 13.9. The van der Waals surface area contributed by atoms with Gasteiger partial charge in [-0.15, -0.1) is 0 Å². The number of amides is 2. The quantitative estimate of drug-likeness (QED) is 0.445. The maximum Gasteiger partial charge on any atom is 0.247 e. The lowest BCUT2D eigenvalue weighted by atomic mass is 10.0. The summed E-state index contributed by atoms with van der Waals surface area (Å²) < 4.78 is 1.96. The summed E-state index contributed by atoms with van der Waals surface area (Å²) in [5, 5.41) is 3.02. The lowest BCUT2D eigenvalue weighted by Crippen LogP contribution is -2.45. The molecule has 2 atom stereocenters. The standard InChI is InChI=1S/C28H28N4O2/c1-18-13-14-19(2)23(15-18)29-26(33)16-25-28(34)31(17-21-9-5-4-6-10-21)20(3)27-30-22-11-7-8-12-24(22)32(25)27/h4-15,20,25H,16-17H2,1-3H3,(H,29,33). The molecule has 1 aliphatic heterocycles. The van der Waals surface area contributed by atoms with E-state index >= 15 is 0 Å². The third kappa shape index (κ3) is 3.96. The van der Waals surface area contributed by atoms with E-state index in [0.29, 0.717) is 6.54 Å². The summed E-state index contributed by atoms with van der Waals surface area (Å²) in [6.45, 7) is 6.43. The summed E-state index contributed by atoms with van der Waals surface area (Å²) in [7, 11) is 0. The first kappa shape index (κ1) is 21.9. The summed E-state index contributed by atoms with van der Waals surface area (Å²) >= 11 is 0. The monoisotopic (exact) mass is 452 g/mol. The normalized spacial score (nSPS) is 17.6. The first-order valence-electron chi connectivity index (χ1n) is 11.6. The molecule has 4 aromatic rings. The van der Waals surface area contributed by atoms with Crippen LogP contribution in [0.4, 0.5) is 5.69 Å². The van der Waals surface area contributed by atoms with Crippen molar-refractivity contribution in [2.24, 2.45) is 0 Å². The highest BCUT2D eigenvalue weighted by Crippen LogP contribution is 2.37. The molecular formula is C28H28N4O2. The van der Waals surface area contributed by atoms with Crippen LogP contribution in [0.2, 0.25) is 0 Å². The van der Waals surface area contributed by atoms with Crippen LogP contribution in [0.25, 0.3) is 11.0 Å². The molecule has 1 N–H and O–H groups in total. The highest BCUT2D eigenvalue weighted by Gasteiger charge is 2.40. The van der Waals surface area contributed by atoms with Crippen LogP contribution in [0.5, 0.6) is 0 Å². The lowest BCUT2D eigenvalue weighted by molar-refractivity contribution is -0.142. The van der Waals surface area contributed by atoms with E-state index in [2.05, 4.69) is 5.32 Å². The number of benzene rings is 3. The van der Waals surface area contributed by atoms with Gasteiger partial charge < -0.3 is 14.8 Å². The third-order valence-electron chi connectivity index (χ3n) is 6.59. The predicted octanol–water partition coefficient (Wildman–Crippen LogP) is 5.33. The third-order valence-corrected chi connectivity index (χ3v) is 6.59. The molecule has 2 amide bonds. The summed E-state index contributed by atoms with van der Waals surface area (Å²) in [6.07, 6.45) is 0.0393. The molecule has 0 saturated carbocycles. The fourth-order valence-corrected chi connectivity index (χ4v) is 4.74. The summed E-state index contributed by atoms with van der Waals surface area (Å²) in [5.41, 5.74) is 5.59. The van der Waals surface area contributed by atoms with E-state index in [1.807, 2.05) is 103 Å². The second kappa shape index (κ2) is 8.78. The van der Waals surface area contributed by atoms with Crippen molar-refractivity contribution in [1.82, 2.24) is 14.5 Å². The first-order valence-corrected chi connectivity index (χ1v) is 11.6. The predicted molar refractivity (Wildman–Crippen MR) is 133 cm³/mol. The maximum absolute atomic E-state index is 13.9. The van der Waals surface area contributed by atoms with Crippen molar-refractivity contribution in [3.05, 3.63) is 95.3 Å². The SMILES string of the molecule is Cc1ccc(C)c(NC(=O)CC2C(=O)N(Cc3ccccc3)C(C)c3nc4ccccc4n32)c1. The van der Waals surface area contributed by atoms with Gasteiger partial charge in [-0.3, -0.25) is 9.59 Å². The molecule has 1 aliphatic rings. The number of carbonyl (C=O) groups is 2. The number of anilines is 1. The number of aromatic nitrogens is 2. The van der Waals surface area contributed by atoms with Crippen molar-refractivity contribution in [2.45, 2.75) is 45.8 Å². The van der Waals surface area contributed by atoms with Crippen LogP contribution >= 0.6 is 0 Å². The average molecular weight is 453 g/mol. The molecule has 34 heavy (non-hydrogen) atoms. The second-order valence-electron chi connectivity index (χ2n) is 9.04. The van der Waals surface area contributed by atoms with Crippen LogP contribution in [-0.2, 0) is 16.1 Å². The minimum absolute atomic E-state index is 0.0393. The minimum atomic E-state index is -0.660. The van der Waals surface area contributed by atoms with Crippen molar-refractivity contribution in [3.8, 4) is 0 Å². The van der Waals surface area contributed by atoms with Crippen LogP contribution in [0, 0.1) is 13.8 Å². The van der Waals surface area contributed by atoms with E-state index in [1.165, 1.54) is 0 Å². The van der Waals surface area contributed by atoms with E-state index in [0.717, 1.165) is 39.2 Å². The number of hydrogen-bond acceptors (Lipinski definition) is 3. The zero-order valence-corrected chi connectivity index (χ0v) is 19.7. The van der Waals surface area contributed by atoms with Gasteiger partial charge in [0.25, 0.3) is 0 Å². The molecule has 0 radical (unpaired) electrons. The number of hydrogen-bond donors (Lipinski definition) is 1. The van der Waals surface area contributed by atoms with E-state index < -0.39 is 6.04 Å². The van der Waals surface area contributed by atoms with Gasteiger partial charge in [-0.25, -0.2) is 4.98 Å². The Bertz CT molecular complexity index is 1380. The van der Waals surface area contributed by atoms with E-state index in [1.54, 1.807) is 0 Å². The molecule has 0 spiro atoms. The van der Waals surface area contributed by atoms with Crippen molar-refractivity contribution >= 4 is 28.5 Å². The zero-order chi connectivity index (χ0) is 23.8.